The zero-order valence-corrected chi connectivity index (χ0v) is 18.5. The highest BCUT2D eigenvalue weighted by molar-refractivity contribution is 7.71. The molecule has 1 aliphatic rings. The smallest absolute Gasteiger partial charge is 0.186 e. The molecule has 0 aliphatic carbocycles. The van der Waals surface area contributed by atoms with Gasteiger partial charge in [0.25, 0.3) is 0 Å². The average Bonchev–Trinajstić information content (AvgIpc) is 3.11. The van der Waals surface area contributed by atoms with Crippen LogP contribution in [0.3, 0.4) is 0 Å². The fraction of sp³-hybridized carbons (Fsp3) is 0.240. The Bertz CT molecular complexity index is 1240. The molecule has 0 unspecified atom stereocenters. The van der Waals surface area contributed by atoms with Crippen LogP contribution in [0.4, 0.5) is 5.69 Å². The quantitative estimate of drug-likeness (QED) is 0.419. The SMILES string of the molecule is COc1ccccc1N1CCN(Cn2c(=S)n(-c3ccccc3)c3ccccc32)CC1. The van der Waals surface area contributed by atoms with Gasteiger partial charge in [-0.05, 0) is 48.6 Å². The van der Waals surface area contributed by atoms with Crippen molar-refractivity contribution in [3.05, 3.63) is 83.6 Å². The number of ether oxygens (including phenoxy) is 1. The lowest BCUT2D eigenvalue weighted by atomic mass is 10.2. The molecule has 1 fully saturated rings. The Balaban J connectivity index is 1.40. The van der Waals surface area contributed by atoms with Crippen molar-refractivity contribution in [3.63, 3.8) is 0 Å². The van der Waals surface area contributed by atoms with Crippen LogP contribution in [0.15, 0.2) is 78.9 Å². The lowest BCUT2D eigenvalue weighted by Gasteiger charge is -2.36. The number of rotatable bonds is 5. The molecule has 4 aromatic rings. The molecule has 5 nitrogen and oxygen atoms in total. The van der Waals surface area contributed by atoms with Gasteiger partial charge in [-0.1, -0.05) is 42.5 Å². The highest BCUT2D eigenvalue weighted by Gasteiger charge is 2.21. The first kappa shape index (κ1) is 19.8. The number of hydrogen-bond donors (Lipinski definition) is 0. The molecule has 2 heterocycles. The van der Waals surface area contributed by atoms with Crippen molar-refractivity contribution in [1.29, 1.82) is 0 Å². The standard InChI is InChI=1S/C25H26N4OS/c1-30-24-14-8-7-13-23(24)27-17-15-26(16-18-27)19-28-21-11-5-6-12-22(21)29(25(28)31)20-9-3-2-4-10-20/h2-14H,15-19H2,1H3. The molecule has 0 bridgehead atoms. The topological polar surface area (TPSA) is 25.6 Å². The Kier molecular flexibility index (Phi) is 5.49. The molecule has 158 valence electrons. The van der Waals surface area contributed by atoms with Gasteiger partial charge in [-0.2, -0.15) is 0 Å². The van der Waals surface area contributed by atoms with E-state index in [1.807, 2.05) is 18.2 Å². The van der Waals surface area contributed by atoms with Gasteiger partial charge in [0.05, 0.1) is 30.5 Å². The highest BCUT2D eigenvalue weighted by atomic mass is 32.1. The number of nitrogens with zero attached hydrogens (tertiary/aromatic N) is 4. The second kappa shape index (κ2) is 8.57. The Labute approximate surface area is 187 Å². The van der Waals surface area contributed by atoms with E-state index < -0.39 is 0 Å². The summed E-state index contributed by atoms with van der Waals surface area (Å²) in [5.74, 6) is 0.934. The molecule has 0 saturated carbocycles. The fourth-order valence-corrected chi connectivity index (χ4v) is 4.75. The molecule has 1 saturated heterocycles. The van der Waals surface area contributed by atoms with Crippen molar-refractivity contribution >= 4 is 28.9 Å². The molecule has 0 N–H and O–H groups in total. The maximum atomic E-state index is 5.95. The summed E-state index contributed by atoms with van der Waals surface area (Å²) < 4.78 is 10.8. The molecular weight excluding hydrogens is 404 g/mol. The Morgan fingerprint density at radius 1 is 0.774 bits per heavy atom. The van der Waals surface area contributed by atoms with Gasteiger partial charge in [-0.3, -0.25) is 9.47 Å². The molecule has 3 aromatic carbocycles. The van der Waals surface area contributed by atoms with E-state index in [0.29, 0.717) is 0 Å². The molecule has 6 heteroatoms. The summed E-state index contributed by atoms with van der Waals surface area (Å²) >= 11 is 5.95. The van der Waals surface area contributed by atoms with Gasteiger partial charge in [0.15, 0.2) is 4.77 Å². The molecule has 5 rings (SSSR count). The Hall–Kier alpha value is -3.09. The number of para-hydroxylation sites is 5. The van der Waals surface area contributed by atoms with Gasteiger partial charge >= 0.3 is 0 Å². The minimum absolute atomic E-state index is 0.791. The number of imidazole rings is 1. The van der Waals surface area contributed by atoms with Crippen molar-refractivity contribution < 1.29 is 4.74 Å². The predicted octanol–water partition coefficient (Wildman–Crippen LogP) is 4.95. The van der Waals surface area contributed by atoms with Crippen molar-refractivity contribution in [1.82, 2.24) is 14.0 Å². The van der Waals surface area contributed by atoms with Crippen LogP contribution in [0, 0.1) is 4.77 Å². The van der Waals surface area contributed by atoms with Gasteiger partial charge in [0.2, 0.25) is 0 Å². The van der Waals surface area contributed by atoms with Crippen LogP contribution in [0.5, 0.6) is 5.75 Å². The van der Waals surface area contributed by atoms with Crippen LogP contribution in [0.25, 0.3) is 16.7 Å². The largest absolute Gasteiger partial charge is 0.495 e. The van der Waals surface area contributed by atoms with E-state index in [1.165, 1.54) is 11.2 Å². The van der Waals surface area contributed by atoms with E-state index in [1.54, 1.807) is 7.11 Å². The van der Waals surface area contributed by atoms with Crippen LogP contribution in [-0.2, 0) is 6.67 Å². The number of anilines is 1. The summed E-state index contributed by atoms with van der Waals surface area (Å²) in [5.41, 5.74) is 4.58. The van der Waals surface area contributed by atoms with Crippen LogP contribution in [-0.4, -0.2) is 47.3 Å². The van der Waals surface area contributed by atoms with E-state index >= 15 is 0 Å². The minimum Gasteiger partial charge on any atom is -0.495 e. The minimum atomic E-state index is 0.791. The number of aromatic nitrogens is 2. The van der Waals surface area contributed by atoms with Crippen LogP contribution in [0.2, 0.25) is 0 Å². The number of methoxy groups -OCH3 is 1. The maximum absolute atomic E-state index is 5.95. The van der Waals surface area contributed by atoms with Gasteiger partial charge < -0.3 is 14.2 Å². The summed E-state index contributed by atoms with van der Waals surface area (Å²) in [6, 6.07) is 27.1. The number of piperazine rings is 1. The number of fused-ring (bicyclic) bond motifs is 1. The van der Waals surface area contributed by atoms with E-state index in [-0.39, 0.29) is 0 Å². The molecule has 0 atom stereocenters. The molecule has 0 radical (unpaired) electrons. The van der Waals surface area contributed by atoms with E-state index in [2.05, 4.69) is 79.6 Å². The van der Waals surface area contributed by atoms with Crippen LogP contribution < -0.4 is 9.64 Å². The molecule has 31 heavy (non-hydrogen) atoms. The van der Waals surface area contributed by atoms with Crippen molar-refractivity contribution in [3.8, 4) is 11.4 Å². The molecular formula is C25H26N4OS. The summed E-state index contributed by atoms with van der Waals surface area (Å²) in [4.78, 5) is 4.88. The Morgan fingerprint density at radius 3 is 2.16 bits per heavy atom. The van der Waals surface area contributed by atoms with Crippen LogP contribution in [0.1, 0.15) is 0 Å². The van der Waals surface area contributed by atoms with E-state index in [0.717, 1.165) is 54.6 Å². The zero-order valence-electron chi connectivity index (χ0n) is 17.6. The highest BCUT2D eigenvalue weighted by Crippen LogP contribution is 2.29. The first-order valence-corrected chi connectivity index (χ1v) is 11.0. The molecule has 1 aliphatic heterocycles. The number of hydrogen-bond acceptors (Lipinski definition) is 4. The average molecular weight is 431 g/mol. The van der Waals surface area contributed by atoms with Gasteiger partial charge in [-0.25, -0.2) is 0 Å². The lowest BCUT2D eigenvalue weighted by molar-refractivity contribution is 0.207. The second-order valence-electron chi connectivity index (χ2n) is 7.79. The number of benzene rings is 3. The monoisotopic (exact) mass is 430 g/mol. The van der Waals surface area contributed by atoms with Crippen LogP contribution >= 0.6 is 12.2 Å². The lowest BCUT2D eigenvalue weighted by Crippen LogP contribution is -2.46. The third-order valence-corrected chi connectivity index (χ3v) is 6.39. The third-order valence-electron chi connectivity index (χ3n) is 5.99. The zero-order chi connectivity index (χ0) is 21.2. The maximum Gasteiger partial charge on any atom is 0.186 e. The molecule has 1 aromatic heterocycles. The first-order chi connectivity index (χ1) is 15.3. The summed E-state index contributed by atoms with van der Waals surface area (Å²) in [5, 5.41) is 0. The summed E-state index contributed by atoms with van der Waals surface area (Å²) in [6.45, 7) is 4.67. The summed E-state index contributed by atoms with van der Waals surface area (Å²) in [6.07, 6.45) is 0. The van der Waals surface area contributed by atoms with Gasteiger partial charge in [0.1, 0.15) is 5.75 Å². The second-order valence-corrected chi connectivity index (χ2v) is 8.15. The molecule has 0 spiro atoms. The Morgan fingerprint density at radius 2 is 1.42 bits per heavy atom. The van der Waals surface area contributed by atoms with E-state index in [4.69, 9.17) is 17.0 Å². The fourth-order valence-electron chi connectivity index (χ4n) is 4.39. The van der Waals surface area contributed by atoms with Crippen molar-refractivity contribution in [2.45, 2.75) is 6.67 Å². The third kappa shape index (κ3) is 3.73. The van der Waals surface area contributed by atoms with E-state index in [9.17, 15) is 0 Å². The molecule has 0 amide bonds. The van der Waals surface area contributed by atoms with Gasteiger partial charge in [-0.15, -0.1) is 0 Å². The first-order valence-electron chi connectivity index (χ1n) is 10.6. The van der Waals surface area contributed by atoms with Crippen molar-refractivity contribution in [2.24, 2.45) is 0 Å². The van der Waals surface area contributed by atoms with Crippen molar-refractivity contribution in [2.75, 3.05) is 38.2 Å². The normalized spacial score (nSPS) is 14.8. The van der Waals surface area contributed by atoms with Gasteiger partial charge in [0, 0.05) is 31.9 Å². The predicted molar refractivity (Wildman–Crippen MR) is 129 cm³/mol. The summed E-state index contributed by atoms with van der Waals surface area (Å²) in [7, 11) is 1.74.